The van der Waals surface area contributed by atoms with E-state index in [1.54, 1.807) is 45.0 Å². The molecule has 1 spiro atoms. The fourth-order valence-corrected chi connectivity index (χ4v) is 6.81. The minimum Gasteiger partial charge on any atom is -0.444 e. The number of hydrogen-bond donors (Lipinski definition) is 2. The van der Waals surface area contributed by atoms with Crippen molar-refractivity contribution < 1.29 is 33.0 Å². The van der Waals surface area contributed by atoms with Crippen LogP contribution in [0.15, 0.2) is 53.7 Å². The van der Waals surface area contributed by atoms with Crippen LogP contribution in [-0.2, 0) is 25.0 Å². The summed E-state index contributed by atoms with van der Waals surface area (Å²) in [7, 11) is 1.60. The molecule has 39 heavy (non-hydrogen) atoms. The smallest absolute Gasteiger partial charge is 0.410 e. The Labute approximate surface area is 227 Å². The van der Waals surface area contributed by atoms with Gasteiger partial charge in [0, 0.05) is 30.2 Å². The number of pyridine rings is 1. The fraction of sp³-hybridized carbons (Fsp3) is 0.423. The van der Waals surface area contributed by atoms with E-state index in [0.29, 0.717) is 28.8 Å². The van der Waals surface area contributed by atoms with Crippen molar-refractivity contribution in [1.82, 2.24) is 13.9 Å². The number of carbonyl (C=O) groups is 2. The van der Waals surface area contributed by atoms with E-state index in [2.05, 4.69) is 4.98 Å². The molecular weight excluding hydrogens is 523 g/mol. The first kappa shape index (κ1) is 27.2. The minimum absolute atomic E-state index is 0.0615. The normalized spacial score (nSPS) is 20.4. The summed E-state index contributed by atoms with van der Waals surface area (Å²) in [6.07, 6.45) is 2.85. The standard InChI is InChI=1S/C26H29BN4O7S/c1-24(2,3)38-23(33)29-13-7-11-25(12-15-29)20-18-10-14-30(39(36,37)17-8-5-4-6-9-17)21(18)28-16-19(20)31(22(25)32)26(27,34)35/h4-6,8-10,14,16,34-35H,7,11-13,15H2,1-3H3. The molecule has 204 valence electrons. The van der Waals surface area contributed by atoms with Crippen LogP contribution in [0.25, 0.3) is 11.0 Å². The van der Waals surface area contributed by atoms with Crippen molar-refractivity contribution in [2.24, 2.45) is 0 Å². The summed E-state index contributed by atoms with van der Waals surface area (Å²) in [5.41, 5.74) is -1.47. The Balaban J connectivity index is 1.65. The summed E-state index contributed by atoms with van der Waals surface area (Å²) in [4.78, 5) is 33.3. The van der Waals surface area contributed by atoms with Gasteiger partial charge in [-0.05, 0) is 58.2 Å². The highest BCUT2D eigenvalue weighted by Gasteiger charge is 2.56. The molecule has 2 N–H and O–H groups in total. The number of carbonyl (C=O) groups excluding carboxylic acids is 2. The maximum Gasteiger partial charge on any atom is 0.410 e. The van der Waals surface area contributed by atoms with E-state index in [4.69, 9.17) is 12.6 Å². The van der Waals surface area contributed by atoms with Gasteiger partial charge in [0.25, 0.3) is 10.0 Å². The average molecular weight is 552 g/mol. The topological polar surface area (TPSA) is 142 Å². The second-order valence-electron chi connectivity index (χ2n) is 10.9. The molecule has 3 aromatic rings. The number of ether oxygens (including phenoxy) is 1. The molecule has 2 aromatic heterocycles. The minimum atomic E-state index is -4.02. The lowest BCUT2D eigenvalue weighted by atomic mass is 9.74. The lowest BCUT2D eigenvalue weighted by molar-refractivity contribution is -0.137. The molecule has 0 aliphatic carbocycles. The highest BCUT2D eigenvalue weighted by atomic mass is 32.2. The molecule has 0 saturated carbocycles. The Morgan fingerprint density at radius 3 is 2.44 bits per heavy atom. The Bertz CT molecular complexity index is 1560. The zero-order valence-electron chi connectivity index (χ0n) is 21.9. The first-order chi connectivity index (χ1) is 18.2. The van der Waals surface area contributed by atoms with Gasteiger partial charge >= 0.3 is 6.09 Å². The van der Waals surface area contributed by atoms with E-state index in [1.165, 1.54) is 29.4 Å². The molecule has 2 amide bonds. The summed E-state index contributed by atoms with van der Waals surface area (Å²) >= 11 is 0. The van der Waals surface area contributed by atoms with Gasteiger partial charge in [0.05, 0.1) is 22.2 Å². The molecule has 1 atom stereocenters. The van der Waals surface area contributed by atoms with E-state index in [9.17, 15) is 28.2 Å². The molecule has 2 aliphatic heterocycles. The summed E-state index contributed by atoms with van der Waals surface area (Å²) in [6, 6.07) is 9.42. The molecular formula is C26H29BN4O7S. The number of anilines is 1. The Morgan fingerprint density at radius 2 is 1.79 bits per heavy atom. The van der Waals surface area contributed by atoms with Crippen molar-refractivity contribution in [2.75, 3.05) is 18.0 Å². The van der Waals surface area contributed by atoms with Crippen LogP contribution in [0.4, 0.5) is 10.5 Å². The summed E-state index contributed by atoms with van der Waals surface area (Å²) in [5.74, 6) is -3.69. The predicted octanol–water partition coefficient (Wildman–Crippen LogP) is 2.04. The molecule has 2 radical (unpaired) electrons. The van der Waals surface area contributed by atoms with Crippen LogP contribution < -0.4 is 4.90 Å². The number of hydrogen-bond acceptors (Lipinski definition) is 8. The number of aromatic nitrogens is 2. The first-order valence-electron chi connectivity index (χ1n) is 12.5. The van der Waals surface area contributed by atoms with Crippen LogP contribution in [0.1, 0.15) is 45.6 Å². The van der Waals surface area contributed by atoms with E-state index in [0.717, 1.165) is 3.97 Å². The van der Waals surface area contributed by atoms with Gasteiger partial charge in [-0.3, -0.25) is 9.69 Å². The van der Waals surface area contributed by atoms with Crippen LogP contribution in [0.3, 0.4) is 0 Å². The lowest BCUT2D eigenvalue weighted by Crippen LogP contribution is -2.55. The van der Waals surface area contributed by atoms with Crippen LogP contribution in [0.5, 0.6) is 0 Å². The van der Waals surface area contributed by atoms with Crippen molar-refractivity contribution in [1.29, 1.82) is 0 Å². The van der Waals surface area contributed by atoms with Crippen LogP contribution in [-0.4, -0.2) is 76.8 Å². The molecule has 11 nitrogen and oxygen atoms in total. The molecule has 13 heteroatoms. The van der Waals surface area contributed by atoms with Gasteiger partial charge in [-0.15, -0.1) is 0 Å². The van der Waals surface area contributed by atoms with Crippen LogP contribution >= 0.6 is 0 Å². The van der Waals surface area contributed by atoms with Gasteiger partial charge in [0.2, 0.25) is 5.91 Å². The fourth-order valence-electron chi connectivity index (χ4n) is 5.49. The number of aliphatic hydroxyl groups is 2. The van der Waals surface area contributed by atoms with E-state index in [1.807, 2.05) is 0 Å². The third-order valence-electron chi connectivity index (χ3n) is 7.11. The number of rotatable bonds is 3. The SMILES string of the molecule is [B]C(O)(O)N1C(=O)C2(CCCN(C(=O)OC(C)(C)C)CC2)c2c1cnc1c2ccn1S(=O)(=O)c1ccccc1. The Kier molecular flexibility index (Phi) is 6.32. The molecule has 1 unspecified atom stereocenters. The second kappa shape index (κ2) is 9.07. The van der Waals surface area contributed by atoms with E-state index < -0.39 is 38.9 Å². The van der Waals surface area contributed by atoms with E-state index >= 15 is 0 Å². The molecule has 0 bridgehead atoms. The highest BCUT2D eigenvalue weighted by molar-refractivity contribution is 7.90. The van der Waals surface area contributed by atoms with Crippen LogP contribution in [0.2, 0.25) is 0 Å². The predicted molar refractivity (Wildman–Crippen MR) is 143 cm³/mol. The summed E-state index contributed by atoms with van der Waals surface area (Å²) < 4.78 is 33.4. The first-order valence-corrected chi connectivity index (χ1v) is 14.0. The van der Waals surface area contributed by atoms with Crippen LogP contribution in [0, 0.1) is 0 Å². The molecule has 2 aliphatic rings. The van der Waals surface area contributed by atoms with Gasteiger partial charge < -0.3 is 19.8 Å². The second-order valence-corrected chi connectivity index (χ2v) is 12.7. The van der Waals surface area contributed by atoms with Crippen molar-refractivity contribution in [3.63, 3.8) is 0 Å². The van der Waals surface area contributed by atoms with Gasteiger partial charge in [0.1, 0.15) is 5.60 Å². The maximum absolute atomic E-state index is 14.0. The maximum atomic E-state index is 14.0. The Hall–Kier alpha value is -3.42. The molecule has 4 heterocycles. The van der Waals surface area contributed by atoms with E-state index in [-0.39, 0.29) is 35.6 Å². The number of fused-ring (bicyclic) bond motifs is 4. The largest absolute Gasteiger partial charge is 0.444 e. The zero-order chi connectivity index (χ0) is 28.4. The van der Waals surface area contributed by atoms with Gasteiger partial charge in [-0.25, -0.2) is 22.2 Å². The number of nitrogens with zero attached hydrogens (tertiary/aromatic N) is 4. The molecule has 1 aromatic carbocycles. The highest BCUT2D eigenvalue weighted by Crippen LogP contribution is 2.52. The van der Waals surface area contributed by atoms with Crippen molar-refractivity contribution >= 4 is 46.6 Å². The quantitative estimate of drug-likeness (QED) is 0.372. The Morgan fingerprint density at radius 1 is 1.10 bits per heavy atom. The van der Waals surface area contributed by atoms with Gasteiger partial charge in [-0.1, -0.05) is 18.2 Å². The monoisotopic (exact) mass is 552 g/mol. The third kappa shape index (κ3) is 4.48. The summed E-state index contributed by atoms with van der Waals surface area (Å²) in [6.45, 7) is 5.76. The zero-order valence-corrected chi connectivity index (χ0v) is 22.7. The van der Waals surface area contributed by atoms with Crippen molar-refractivity contribution in [3.8, 4) is 0 Å². The van der Waals surface area contributed by atoms with Crippen molar-refractivity contribution in [2.45, 2.75) is 61.8 Å². The third-order valence-corrected chi connectivity index (χ3v) is 8.79. The number of benzene rings is 1. The molecule has 1 fully saturated rings. The van der Waals surface area contributed by atoms with Gasteiger partial charge in [0.15, 0.2) is 19.3 Å². The number of likely N-dealkylation sites (tertiary alicyclic amines) is 1. The lowest BCUT2D eigenvalue weighted by Gasteiger charge is -2.33. The molecule has 5 rings (SSSR count). The average Bonchev–Trinajstić information content (AvgIpc) is 3.28. The molecule has 1 saturated heterocycles. The number of amides is 2. The van der Waals surface area contributed by atoms with Crippen molar-refractivity contribution in [3.05, 3.63) is 54.4 Å². The van der Waals surface area contributed by atoms with Gasteiger partial charge in [-0.2, -0.15) is 0 Å². The summed E-state index contributed by atoms with van der Waals surface area (Å²) in [5, 5.41) is 21.1.